The normalized spacial score (nSPS) is 22.9. The summed E-state index contributed by atoms with van der Waals surface area (Å²) in [4.78, 5) is 22.1. The number of rotatable bonds is 2. The molecule has 0 aliphatic heterocycles. The van der Waals surface area contributed by atoms with Crippen LogP contribution < -0.4 is 5.73 Å². The highest BCUT2D eigenvalue weighted by Gasteiger charge is 2.39. The van der Waals surface area contributed by atoms with E-state index >= 15 is 0 Å². The summed E-state index contributed by atoms with van der Waals surface area (Å²) in [6.07, 6.45) is 1.70. The molecule has 1 aliphatic rings. The van der Waals surface area contributed by atoms with Gasteiger partial charge in [0.15, 0.2) is 0 Å². The summed E-state index contributed by atoms with van der Waals surface area (Å²) >= 11 is 0. The Morgan fingerprint density at radius 2 is 2.00 bits per heavy atom. The lowest BCUT2D eigenvalue weighted by Crippen LogP contribution is -2.47. The molecule has 0 saturated heterocycles. The first-order chi connectivity index (χ1) is 7.95. The predicted octanol–water partition coefficient (Wildman–Crippen LogP) is 0.960. The number of aryl methyl sites for hydroxylation is 1. The van der Waals surface area contributed by atoms with Crippen LogP contribution in [-0.2, 0) is 16.8 Å². The first-order valence-corrected chi connectivity index (χ1v) is 5.34. The first-order valence-electron chi connectivity index (χ1n) is 5.34. The minimum Gasteiger partial charge on any atom is -0.480 e. The molecular weight excluding hydrogens is 222 g/mol. The lowest BCUT2D eigenvalue weighted by Gasteiger charge is -2.31. The molecule has 17 heavy (non-hydrogen) atoms. The summed E-state index contributed by atoms with van der Waals surface area (Å²) < 4.78 is 0. The van der Waals surface area contributed by atoms with Crippen LogP contribution in [0.3, 0.4) is 0 Å². The van der Waals surface area contributed by atoms with E-state index in [9.17, 15) is 14.7 Å². The third-order valence-corrected chi connectivity index (χ3v) is 3.23. The fourth-order valence-corrected chi connectivity index (χ4v) is 2.28. The minimum atomic E-state index is -1.38. The maximum Gasteiger partial charge on any atom is 0.335 e. The number of aliphatic carboxylic acids is 1. The van der Waals surface area contributed by atoms with Gasteiger partial charge in [-0.2, -0.15) is 0 Å². The first kappa shape index (κ1) is 11.6. The summed E-state index contributed by atoms with van der Waals surface area (Å²) in [6.45, 7) is 0. The zero-order valence-electron chi connectivity index (χ0n) is 9.14. The minimum absolute atomic E-state index is 0.165. The quantitative estimate of drug-likeness (QED) is 0.708. The van der Waals surface area contributed by atoms with Gasteiger partial charge < -0.3 is 15.9 Å². The molecule has 1 aromatic carbocycles. The number of benzene rings is 1. The van der Waals surface area contributed by atoms with Crippen LogP contribution in [0.25, 0.3) is 0 Å². The number of aromatic carboxylic acids is 1. The van der Waals surface area contributed by atoms with E-state index in [0.717, 1.165) is 5.56 Å². The molecule has 0 spiro atoms. The molecule has 0 saturated carbocycles. The molecule has 5 heteroatoms. The summed E-state index contributed by atoms with van der Waals surface area (Å²) in [6, 6.07) is 4.43. The second-order valence-corrected chi connectivity index (χ2v) is 4.31. The molecule has 4 N–H and O–H groups in total. The van der Waals surface area contributed by atoms with Crippen LogP contribution in [0.2, 0.25) is 0 Å². The number of nitrogens with two attached hydrogens (primary N) is 1. The number of hydrogen-bond donors (Lipinski definition) is 3. The molecular formula is C12H13NO4. The van der Waals surface area contributed by atoms with Crippen molar-refractivity contribution in [2.75, 3.05) is 0 Å². The van der Waals surface area contributed by atoms with E-state index in [-0.39, 0.29) is 5.56 Å². The van der Waals surface area contributed by atoms with Crippen molar-refractivity contribution in [1.82, 2.24) is 0 Å². The van der Waals surface area contributed by atoms with Crippen molar-refractivity contribution in [2.24, 2.45) is 5.73 Å². The van der Waals surface area contributed by atoms with E-state index in [1.165, 1.54) is 18.2 Å². The van der Waals surface area contributed by atoms with Crippen LogP contribution in [0.4, 0.5) is 0 Å². The molecule has 1 atom stereocenters. The highest BCUT2D eigenvalue weighted by Crippen LogP contribution is 2.34. The molecule has 2 rings (SSSR count). The van der Waals surface area contributed by atoms with Crippen LogP contribution >= 0.6 is 0 Å². The fourth-order valence-electron chi connectivity index (χ4n) is 2.28. The lowest BCUT2D eigenvalue weighted by atomic mass is 9.77. The molecule has 0 fully saturated rings. The van der Waals surface area contributed by atoms with E-state index in [1.807, 2.05) is 0 Å². The number of carboxylic acid groups (broad SMARTS) is 2. The van der Waals surface area contributed by atoms with E-state index < -0.39 is 17.5 Å². The second kappa shape index (κ2) is 3.85. The van der Waals surface area contributed by atoms with Gasteiger partial charge in [0.25, 0.3) is 0 Å². The van der Waals surface area contributed by atoms with Gasteiger partial charge in [0.1, 0.15) is 5.54 Å². The Labute approximate surface area is 97.9 Å². The number of carbonyl (C=O) groups is 2. The molecule has 1 aromatic rings. The summed E-state index contributed by atoms with van der Waals surface area (Å²) in [5.74, 6) is -2.09. The van der Waals surface area contributed by atoms with Crippen LogP contribution in [0.1, 0.15) is 34.3 Å². The van der Waals surface area contributed by atoms with E-state index in [2.05, 4.69) is 0 Å². The molecule has 1 unspecified atom stereocenters. The maximum absolute atomic E-state index is 11.2. The van der Waals surface area contributed by atoms with Crippen molar-refractivity contribution in [3.8, 4) is 0 Å². The maximum atomic E-state index is 11.2. The van der Waals surface area contributed by atoms with Crippen LogP contribution in [0, 0.1) is 0 Å². The zero-order chi connectivity index (χ0) is 12.6. The zero-order valence-corrected chi connectivity index (χ0v) is 9.14. The lowest BCUT2D eigenvalue weighted by molar-refractivity contribution is -0.144. The standard InChI is InChI=1S/C12H13NO4/c13-12(11(16)17)5-1-2-7-6-8(10(14)15)3-4-9(7)12/h3-4,6H,1-2,5,13H2,(H,14,15)(H,16,17). The predicted molar refractivity (Wildman–Crippen MR) is 59.8 cm³/mol. The molecule has 0 bridgehead atoms. The van der Waals surface area contributed by atoms with Crippen LogP contribution in [0.5, 0.6) is 0 Å². The smallest absolute Gasteiger partial charge is 0.335 e. The van der Waals surface area contributed by atoms with Gasteiger partial charge in [0.2, 0.25) is 0 Å². The fraction of sp³-hybridized carbons (Fsp3) is 0.333. The molecule has 1 aliphatic carbocycles. The van der Waals surface area contributed by atoms with Crippen molar-refractivity contribution < 1.29 is 19.8 Å². The van der Waals surface area contributed by atoms with Gasteiger partial charge in [-0.05, 0) is 42.5 Å². The average molecular weight is 235 g/mol. The number of hydrogen-bond acceptors (Lipinski definition) is 3. The Kier molecular flexibility index (Phi) is 2.63. The molecule has 0 amide bonds. The Morgan fingerprint density at radius 3 is 2.59 bits per heavy atom. The highest BCUT2D eigenvalue weighted by atomic mass is 16.4. The van der Waals surface area contributed by atoms with E-state index in [1.54, 1.807) is 0 Å². The highest BCUT2D eigenvalue weighted by molar-refractivity contribution is 5.89. The van der Waals surface area contributed by atoms with Crippen LogP contribution in [-0.4, -0.2) is 22.2 Å². The Bertz CT molecular complexity index is 497. The van der Waals surface area contributed by atoms with Gasteiger partial charge in [-0.1, -0.05) is 6.07 Å². The summed E-state index contributed by atoms with van der Waals surface area (Å²) in [5, 5.41) is 18.1. The van der Waals surface area contributed by atoms with Gasteiger partial charge in [-0.25, -0.2) is 9.59 Å². The van der Waals surface area contributed by atoms with Crippen molar-refractivity contribution in [2.45, 2.75) is 24.8 Å². The van der Waals surface area contributed by atoms with E-state index in [4.69, 9.17) is 10.8 Å². The molecule has 0 aromatic heterocycles. The Balaban J connectivity index is 2.54. The van der Waals surface area contributed by atoms with Crippen molar-refractivity contribution in [3.05, 3.63) is 34.9 Å². The molecule has 90 valence electrons. The number of carboxylic acids is 2. The van der Waals surface area contributed by atoms with Crippen LogP contribution in [0.15, 0.2) is 18.2 Å². The molecule has 5 nitrogen and oxygen atoms in total. The molecule has 0 radical (unpaired) electrons. The van der Waals surface area contributed by atoms with Crippen molar-refractivity contribution in [3.63, 3.8) is 0 Å². The van der Waals surface area contributed by atoms with E-state index in [0.29, 0.717) is 24.8 Å². The van der Waals surface area contributed by atoms with Gasteiger partial charge in [-0.15, -0.1) is 0 Å². The summed E-state index contributed by atoms with van der Waals surface area (Å²) in [5.41, 5.74) is 5.93. The second-order valence-electron chi connectivity index (χ2n) is 4.31. The van der Waals surface area contributed by atoms with Gasteiger partial charge in [-0.3, -0.25) is 0 Å². The average Bonchev–Trinajstić information content (AvgIpc) is 2.28. The van der Waals surface area contributed by atoms with Crippen molar-refractivity contribution >= 4 is 11.9 Å². The Morgan fingerprint density at radius 1 is 1.29 bits per heavy atom. The SMILES string of the molecule is NC1(C(=O)O)CCCc2cc(C(=O)O)ccc21. The van der Waals surface area contributed by atoms with Gasteiger partial charge >= 0.3 is 11.9 Å². The number of fused-ring (bicyclic) bond motifs is 1. The third kappa shape index (κ3) is 1.78. The summed E-state index contributed by atoms with van der Waals surface area (Å²) in [7, 11) is 0. The van der Waals surface area contributed by atoms with Gasteiger partial charge in [0, 0.05) is 0 Å². The Hall–Kier alpha value is -1.88. The van der Waals surface area contributed by atoms with Gasteiger partial charge in [0.05, 0.1) is 5.56 Å². The third-order valence-electron chi connectivity index (χ3n) is 3.23. The molecule has 0 heterocycles. The largest absolute Gasteiger partial charge is 0.480 e. The van der Waals surface area contributed by atoms with Crippen molar-refractivity contribution in [1.29, 1.82) is 0 Å². The monoisotopic (exact) mass is 235 g/mol. The topological polar surface area (TPSA) is 101 Å².